The monoisotopic (exact) mass is 713 g/mol. The molecule has 6 unspecified atom stereocenters. The molecule has 6 aliphatic rings. The van der Waals surface area contributed by atoms with E-state index in [2.05, 4.69) is 172 Å². The molecule has 2 spiro atoms. The summed E-state index contributed by atoms with van der Waals surface area (Å²) in [5, 5.41) is 0. The summed E-state index contributed by atoms with van der Waals surface area (Å²) in [7, 11) is 0. The normalized spacial score (nSPS) is 29.1. The number of benzene rings is 6. The summed E-state index contributed by atoms with van der Waals surface area (Å²) < 4.78 is 0. The van der Waals surface area contributed by atoms with E-state index in [1.54, 1.807) is 11.1 Å². The molecule has 4 fully saturated rings. The Hall–Kier alpha value is -4.88. The Morgan fingerprint density at radius 3 is 1.95 bits per heavy atom. The molecule has 0 radical (unpaired) electrons. The van der Waals surface area contributed by atoms with Crippen molar-refractivity contribution in [2.24, 2.45) is 29.1 Å². The van der Waals surface area contributed by atoms with Gasteiger partial charge in [0.2, 0.25) is 0 Å². The van der Waals surface area contributed by atoms with Crippen LogP contribution in [-0.2, 0) is 16.2 Å². The molecule has 4 saturated carbocycles. The molecule has 0 saturated heterocycles. The average molecular weight is 714 g/mol. The summed E-state index contributed by atoms with van der Waals surface area (Å²) in [5.74, 6) is 3.50. The van der Waals surface area contributed by atoms with E-state index < -0.39 is 0 Å². The maximum absolute atomic E-state index is 2.65. The zero-order valence-corrected chi connectivity index (χ0v) is 32.8. The Morgan fingerprint density at radius 1 is 0.491 bits per heavy atom. The molecule has 0 N–H and O–H groups in total. The number of hydrogen-bond donors (Lipinski definition) is 0. The number of para-hydroxylation sites is 1. The summed E-state index contributed by atoms with van der Waals surface area (Å²) in [6.07, 6.45) is 8.27. The second kappa shape index (κ2) is 10.9. The molecule has 6 aromatic rings. The third-order valence-electron chi connectivity index (χ3n) is 16.4. The van der Waals surface area contributed by atoms with E-state index in [1.807, 2.05) is 0 Å². The predicted octanol–water partition coefficient (Wildman–Crippen LogP) is 14.2. The van der Waals surface area contributed by atoms with E-state index in [1.165, 1.54) is 100 Å². The van der Waals surface area contributed by atoms with Gasteiger partial charge >= 0.3 is 0 Å². The van der Waals surface area contributed by atoms with Crippen LogP contribution in [0.5, 0.6) is 0 Å². The van der Waals surface area contributed by atoms with Gasteiger partial charge in [-0.2, -0.15) is 0 Å². The maximum Gasteiger partial charge on any atom is 0.0540 e. The highest BCUT2D eigenvalue weighted by Crippen LogP contribution is 2.89. The summed E-state index contributed by atoms with van der Waals surface area (Å²) in [6.45, 7) is 9.76. The molecule has 0 amide bonds. The molecule has 12 rings (SSSR count). The van der Waals surface area contributed by atoms with Gasteiger partial charge in [0.15, 0.2) is 0 Å². The van der Waals surface area contributed by atoms with Crippen LogP contribution in [0.4, 0.5) is 17.1 Å². The van der Waals surface area contributed by atoms with Crippen molar-refractivity contribution in [1.29, 1.82) is 0 Å². The molecule has 6 aliphatic carbocycles. The smallest absolute Gasteiger partial charge is 0.0540 e. The quantitative estimate of drug-likeness (QED) is 0.172. The molecule has 2 bridgehead atoms. The highest BCUT2D eigenvalue weighted by atomic mass is 15.1. The Bertz CT molecular complexity index is 2540. The Morgan fingerprint density at radius 2 is 1.13 bits per heavy atom. The standard InChI is InChI=1S/C54H51N/c1-51(2)27-28-52(3,4)50-41(17-12-19-45(50)51)36-21-23-38(24-22-36)55(47-20-11-9-15-40(47)35-13-6-5-7-14-35)39-25-26-43-42-16-8-10-18-44(42)54(46(43)32-39)48-30-34-29-37-31-49(54)53(37,48)33-34/h5-26,32,34,37,48-49H,27-31,33H2,1-4H3. The van der Waals surface area contributed by atoms with Crippen LogP contribution in [0.25, 0.3) is 33.4 Å². The van der Waals surface area contributed by atoms with Crippen molar-refractivity contribution in [2.45, 2.75) is 82.5 Å². The lowest BCUT2D eigenvalue weighted by Crippen LogP contribution is -2.73. The van der Waals surface area contributed by atoms with E-state index in [0.717, 1.165) is 23.7 Å². The molecule has 0 aliphatic heterocycles. The number of rotatable bonds is 5. The summed E-state index contributed by atoms with van der Waals surface area (Å²) in [5.41, 5.74) is 19.2. The van der Waals surface area contributed by atoms with E-state index in [-0.39, 0.29) is 16.2 Å². The molecule has 0 heterocycles. The molecule has 1 heteroatoms. The van der Waals surface area contributed by atoms with Crippen LogP contribution in [-0.4, -0.2) is 0 Å². The Labute approximate surface area is 327 Å². The molecule has 1 nitrogen and oxygen atoms in total. The van der Waals surface area contributed by atoms with Crippen molar-refractivity contribution < 1.29 is 0 Å². The van der Waals surface area contributed by atoms with E-state index >= 15 is 0 Å². The number of hydrogen-bond acceptors (Lipinski definition) is 1. The fraction of sp³-hybridized carbons (Fsp3) is 0.333. The maximum atomic E-state index is 2.65. The zero-order valence-electron chi connectivity index (χ0n) is 32.8. The van der Waals surface area contributed by atoms with Crippen LogP contribution < -0.4 is 4.90 Å². The van der Waals surface area contributed by atoms with Crippen LogP contribution in [0.3, 0.4) is 0 Å². The summed E-state index contributed by atoms with van der Waals surface area (Å²) in [4.78, 5) is 2.56. The van der Waals surface area contributed by atoms with Crippen LogP contribution >= 0.6 is 0 Å². The Kier molecular flexibility index (Phi) is 6.42. The zero-order chi connectivity index (χ0) is 36.9. The predicted molar refractivity (Wildman–Crippen MR) is 228 cm³/mol. The van der Waals surface area contributed by atoms with Gasteiger partial charge in [-0.15, -0.1) is 0 Å². The first kappa shape index (κ1) is 32.4. The van der Waals surface area contributed by atoms with Crippen LogP contribution in [0.1, 0.15) is 88.5 Å². The third kappa shape index (κ3) is 4.05. The van der Waals surface area contributed by atoms with Gasteiger partial charge in [-0.25, -0.2) is 0 Å². The average Bonchev–Trinajstić information content (AvgIpc) is 3.84. The van der Waals surface area contributed by atoms with Gasteiger partial charge in [-0.05, 0) is 159 Å². The van der Waals surface area contributed by atoms with E-state index in [4.69, 9.17) is 0 Å². The van der Waals surface area contributed by atoms with Crippen LogP contribution in [0.2, 0.25) is 0 Å². The minimum Gasteiger partial charge on any atom is -0.310 e. The van der Waals surface area contributed by atoms with Gasteiger partial charge in [0.1, 0.15) is 0 Å². The fourth-order valence-electron chi connectivity index (χ4n) is 14.2. The second-order valence-corrected chi connectivity index (χ2v) is 19.6. The molecule has 272 valence electrons. The molecule has 55 heavy (non-hydrogen) atoms. The third-order valence-corrected chi connectivity index (χ3v) is 16.4. The van der Waals surface area contributed by atoms with Crippen molar-refractivity contribution in [3.8, 4) is 33.4 Å². The molecular weight excluding hydrogens is 663 g/mol. The molecular formula is C54H51N. The number of fused-ring (bicyclic) bond motifs is 9. The molecule has 0 aromatic heterocycles. The summed E-state index contributed by atoms with van der Waals surface area (Å²) >= 11 is 0. The topological polar surface area (TPSA) is 3.24 Å². The fourth-order valence-corrected chi connectivity index (χ4v) is 14.2. The van der Waals surface area contributed by atoms with Crippen molar-refractivity contribution in [3.05, 3.63) is 162 Å². The van der Waals surface area contributed by atoms with Crippen molar-refractivity contribution in [3.63, 3.8) is 0 Å². The first-order chi connectivity index (χ1) is 26.7. The van der Waals surface area contributed by atoms with E-state index in [0.29, 0.717) is 5.41 Å². The first-order valence-electron chi connectivity index (χ1n) is 21.2. The van der Waals surface area contributed by atoms with Gasteiger partial charge in [0, 0.05) is 22.4 Å². The first-order valence-corrected chi connectivity index (χ1v) is 21.2. The highest BCUT2D eigenvalue weighted by molar-refractivity contribution is 5.91. The number of anilines is 3. The van der Waals surface area contributed by atoms with E-state index in [9.17, 15) is 0 Å². The largest absolute Gasteiger partial charge is 0.310 e. The van der Waals surface area contributed by atoms with Gasteiger partial charge in [-0.1, -0.05) is 137 Å². The van der Waals surface area contributed by atoms with Gasteiger partial charge in [0.25, 0.3) is 0 Å². The SMILES string of the molecule is CC1(C)CCC(C)(C)c2c(-c3ccc(N(c4ccc5c(c4)C4(c6ccccc6-5)C5CC6CC7CC4C75C6)c4ccccc4-c4ccccc4)cc3)cccc21. The lowest BCUT2D eigenvalue weighted by atomic mass is 9.27. The summed E-state index contributed by atoms with van der Waals surface area (Å²) in [6, 6.07) is 53.7. The van der Waals surface area contributed by atoms with Crippen molar-refractivity contribution >= 4 is 17.1 Å². The highest BCUT2D eigenvalue weighted by Gasteiger charge is 2.84. The second-order valence-electron chi connectivity index (χ2n) is 19.6. The van der Waals surface area contributed by atoms with Crippen molar-refractivity contribution in [1.82, 2.24) is 0 Å². The van der Waals surface area contributed by atoms with Crippen molar-refractivity contribution in [2.75, 3.05) is 4.90 Å². The molecule has 6 atom stereocenters. The van der Waals surface area contributed by atoms with Crippen LogP contribution in [0.15, 0.2) is 140 Å². The van der Waals surface area contributed by atoms with Gasteiger partial charge in [-0.3, -0.25) is 0 Å². The molecule has 6 aromatic carbocycles. The van der Waals surface area contributed by atoms with Crippen LogP contribution in [0, 0.1) is 29.1 Å². The van der Waals surface area contributed by atoms with Gasteiger partial charge in [0.05, 0.1) is 5.69 Å². The number of nitrogens with zero attached hydrogens (tertiary/aromatic N) is 1. The minimum atomic E-state index is 0.137. The Balaban J connectivity index is 1.03. The minimum absolute atomic E-state index is 0.137. The lowest BCUT2D eigenvalue weighted by molar-refractivity contribution is -0.231. The van der Waals surface area contributed by atoms with Gasteiger partial charge < -0.3 is 4.90 Å². The lowest BCUT2D eigenvalue weighted by Gasteiger charge is -2.76.